The van der Waals surface area contributed by atoms with Crippen molar-refractivity contribution in [2.45, 2.75) is 0 Å². The van der Waals surface area contributed by atoms with Gasteiger partial charge in [0.05, 0.1) is 5.56 Å². The molecule has 0 bridgehead atoms. The fraction of sp³-hybridized carbons (Fsp3) is 0. The minimum atomic E-state index is -0.353. The molecular formula is C14H9FN2O3. The lowest BCUT2D eigenvalue weighted by atomic mass is 10.2. The quantitative estimate of drug-likeness (QED) is 0.749. The van der Waals surface area contributed by atoms with Crippen molar-refractivity contribution in [3.05, 3.63) is 48.3 Å². The first-order valence-electron chi connectivity index (χ1n) is 5.75. The van der Waals surface area contributed by atoms with Crippen LogP contribution >= 0.6 is 0 Å². The molecule has 3 rings (SSSR count). The number of phenolic OH excluding ortho intramolecular Hbond substituents is 2. The van der Waals surface area contributed by atoms with Gasteiger partial charge in [0, 0.05) is 11.6 Å². The molecule has 2 aromatic carbocycles. The summed E-state index contributed by atoms with van der Waals surface area (Å²) in [5.74, 6) is -0.188. The average molecular weight is 272 g/mol. The summed E-state index contributed by atoms with van der Waals surface area (Å²) in [6.45, 7) is 0. The van der Waals surface area contributed by atoms with Gasteiger partial charge < -0.3 is 14.7 Å². The maximum absolute atomic E-state index is 12.8. The SMILES string of the molecule is Oc1ccc(-c2nc(-c3ccc(F)cc3)no2)c(O)c1. The van der Waals surface area contributed by atoms with Gasteiger partial charge in [0.15, 0.2) is 0 Å². The summed E-state index contributed by atoms with van der Waals surface area (Å²) in [5.41, 5.74) is 0.906. The summed E-state index contributed by atoms with van der Waals surface area (Å²) >= 11 is 0. The number of hydrogen-bond acceptors (Lipinski definition) is 5. The molecular weight excluding hydrogens is 263 g/mol. The third kappa shape index (κ3) is 2.18. The minimum absolute atomic E-state index is 0.0653. The lowest BCUT2D eigenvalue weighted by molar-refractivity contribution is 0.423. The van der Waals surface area contributed by atoms with Crippen molar-refractivity contribution in [3.8, 4) is 34.3 Å². The van der Waals surface area contributed by atoms with E-state index in [1.54, 1.807) is 0 Å². The number of rotatable bonds is 2. The molecule has 3 aromatic rings. The van der Waals surface area contributed by atoms with Crippen molar-refractivity contribution >= 4 is 0 Å². The molecule has 0 fully saturated rings. The number of nitrogens with zero attached hydrogens (tertiary/aromatic N) is 2. The molecule has 0 aliphatic heterocycles. The van der Waals surface area contributed by atoms with E-state index in [1.165, 1.54) is 42.5 Å². The van der Waals surface area contributed by atoms with Gasteiger partial charge in [-0.1, -0.05) is 5.16 Å². The summed E-state index contributed by atoms with van der Waals surface area (Å²) in [7, 11) is 0. The molecule has 0 aliphatic carbocycles. The van der Waals surface area contributed by atoms with Crippen molar-refractivity contribution in [1.82, 2.24) is 10.1 Å². The second-order valence-corrected chi connectivity index (χ2v) is 4.13. The smallest absolute Gasteiger partial charge is 0.262 e. The maximum Gasteiger partial charge on any atom is 0.262 e. The molecule has 0 saturated heterocycles. The zero-order valence-corrected chi connectivity index (χ0v) is 10.1. The van der Waals surface area contributed by atoms with E-state index in [1.807, 2.05) is 0 Å². The molecule has 6 heteroatoms. The van der Waals surface area contributed by atoms with Gasteiger partial charge in [0.25, 0.3) is 5.89 Å². The van der Waals surface area contributed by atoms with Crippen LogP contribution in [-0.2, 0) is 0 Å². The first-order valence-corrected chi connectivity index (χ1v) is 5.75. The number of hydrogen-bond donors (Lipinski definition) is 2. The maximum atomic E-state index is 12.8. The molecule has 5 nitrogen and oxygen atoms in total. The molecule has 100 valence electrons. The number of halogens is 1. The van der Waals surface area contributed by atoms with Crippen LogP contribution in [0.4, 0.5) is 4.39 Å². The van der Waals surface area contributed by atoms with Gasteiger partial charge in [-0.3, -0.25) is 0 Å². The standard InChI is InChI=1S/C14H9FN2O3/c15-9-3-1-8(2-4-9)13-16-14(20-17-13)11-6-5-10(18)7-12(11)19/h1-7,18-19H. The van der Waals surface area contributed by atoms with Crippen LogP contribution in [-0.4, -0.2) is 20.4 Å². The fourth-order valence-corrected chi connectivity index (χ4v) is 1.75. The van der Waals surface area contributed by atoms with Gasteiger partial charge in [0.2, 0.25) is 5.82 Å². The predicted molar refractivity (Wildman–Crippen MR) is 68.5 cm³/mol. The Morgan fingerprint density at radius 2 is 1.75 bits per heavy atom. The molecule has 0 unspecified atom stereocenters. The summed E-state index contributed by atoms with van der Waals surface area (Å²) < 4.78 is 17.9. The highest BCUT2D eigenvalue weighted by Gasteiger charge is 2.14. The summed E-state index contributed by atoms with van der Waals surface area (Å²) in [6, 6.07) is 9.69. The highest BCUT2D eigenvalue weighted by Crippen LogP contribution is 2.31. The largest absolute Gasteiger partial charge is 0.508 e. The lowest BCUT2D eigenvalue weighted by Crippen LogP contribution is -1.82. The van der Waals surface area contributed by atoms with E-state index in [4.69, 9.17) is 4.52 Å². The second-order valence-electron chi connectivity index (χ2n) is 4.13. The van der Waals surface area contributed by atoms with Gasteiger partial charge in [-0.25, -0.2) is 4.39 Å². The predicted octanol–water partition coefficient (Wildman–Crippen LogP) is 2.95. The monoisotopic (exact) mass is 272 g/mol. The van der Waals surface area contributed by atoms with Crippen LogP contribution in [0.1, 0.15) is 0 Å². The number of benzene rings is 2. The third-order valence-electron chi connectivity index (χ3n) is 2.74. The van der Waals surface area contributed by atoms with Crippen LogP contribution in [0, 0.1) is 5.82 Å². The lowest BCUT2D eigenvalue weighted by Gasteiger charge is -1.99. The van der Waals surface area contributed by atoms with Gasteiger partial charge >= 0.3 is 0 Å². The second kappa shape index (κ2) is 4.65. The first kappa shape index (κ1) is 12.2. The summed E-state index contributed by atoms with van der Waals surface area (Å²) in [6.07, 6.45) is 0. The molecule has 0 amide bonds. The highest BCUT2D eigenvalue weighted by molar-refractivity contribution is 5.66. The van der Waals surface area contributed by atoms with E-state index in [9.17, 15) is 14.6 Å². The van der Waals surface area contributed by atoms with Gasteiger partial charge in [-0.15, -0.1) is 0 Å². The third-order valence-corrected chi connectivity index (χ3v) is 2.74. The van der Waals surface area contributed by atoms with E-state index >= 15 is 0 Å². The van der Waals surface area contributed by atoms with Crippen LogP contribution in [0.2, 0.25) is 0 Å². The van der Waals surface area contributed by atoms with Gasteiger partial charge in [-0.2, -0.15) is 4.98 Å². The Morgan fingerprint density at radius 1 is 1.00 bits per heavy atom. The highest BCUT2D eigenvalue weighted by atomic mass is 19.1. The Morgan fingerprint density at radius 3 is 2.45 bits per heavy atom. The van der Waals surface area contributed by atoms with Gasteiger partial charge in [-0.05, 0) is 36.4 Å². The molecule has 0 radical (unpaired) electrons. The number of aromatic nitrogens is 2. The summed E-state index contributed by atoms with van der Waals surface area (Å²) in [4.78, 5) is 4.13. The molecule has 2 N–H and O–H groups in total. The Labute approximate surface area is 112 Å². The molecule has 0 aliphatic rings. The van der Waals surface area contributed by atoms with Gasteiger partial charge in [0.1, 0.15) is 17.3 Å². The van der Waals surface area contributed by atoms with Crippen LogP contribution in [0.25, 0.3) is 22.8 Å². The topological polar surface area (TPSA) is 79.4 Å². The van der Waals surface area contributed by atoms with Crippen molar-refractivity contribution in [3.63, 3.8) is 0 Å². The minimum Gasteiger partial charge on any atom is -0.508 e. The fourth-order valence-electron chi connectivity index (χ4n) is 1.75. The van der Waals surface area contributed by atoms with Crippen molar-refractivity contribution in [2.24, 2.45) is 0 Å². The van der Waals surface area contributed by atoms with E-state index in [0.717, 1.165) is 0 Å². The number of phenols is 2. The Hall–Kier alpha value is -2.89. The van der Waals surface area contributed by atoms with Crippen molar-refractivity contribution < 1.29 is 19.1 Å². The van der Waals surface area contributed by atoms with Crippen LogP contribution in [0.15, 0.2) is 47.0 Å². The molecule has 0 atom stereocenters. The van der Waals surface area contributed by atoms with Crippen LogP contribution in [0.5, 0.6) is 11.5 Å². The normalized spacial score (nSPS) is 10.7. The van der Waals surface area contributed by atoms with E-state index in [0.29, 0.717) is 11.1 Å². The van der Waals surface area contributed by atoms with Crippen LogP contribution in [0.3, 0.4) is 0 Å². The summed E-state index contributed by atoms with van der Waals surface area (Å²) in [5, 5.41) is 22.7. The number of aromatic hydroxyl groups is 2. The Bertz CT molecular complexity index is 753. The zero-order chi connectivity index (χ0) is 14.1. The molecule has 0 saturated carbocycles. The van der Waals surface area contributed by atoms with Crippen LogP contribution < -0.4 is 0 Å². The molecule has 1 heterocycles. The van der Waals surface area contributed by atoms with E-state index in [2.05, 4.69) is 10.1 Å². The van der Waals surface area contributed by atoms with Crippen molar-refractivity contribution in [1.29, 1.82) is 0 Å². The van der Waals surface area contributed by atoms with E-state index < -0.39 is 0 Å². The first-order chi connectivity index (χ1) is 9.63. The Balaban J connectivity index is 1.99. The average Bonchev–Trinajstić information content (AvgIpc) is 2.89. The molecule has 20 heavy (non-hydrogen) atoms. The molecule has 1 aromatic heterocycles. The molecule has 0 spiro atoms. The van der Waals surface area contributed by atoms with Crippen molar-refractivity contribution in [2.75, 3.05) is 0 Å². The zero-order valence-electron chi connectivity index (χ0n) is 10.1. The van der Waals surface area contributed by atoms with E-state index in [-0.39, 0.29) is 29.0 Å². The Kier molecular flexibility index (Phi) is 2.83.